The molecule has 0 bridgehead atoms. The Morgan fingerprint density at radius 1 is 0.964 bits per heavy atom. The number of carboxylic acid groups (broad SMARTS) is 1. The molecule has 0 saturated carbocycles. The van der Waals surface area contributed by atoms with Crippen LogP contribution in [0.15, 0.2) is 72.2 Å². The van der Waals surface area contributed by atoms with Crippen LogP contribution in [0.1, 0.15) is 33.5 Å². The summed E-state index contributed by atoms with van der Waals surface area (Å²) in [5.74, 6) is -2.21. The van der Waals surface area contributed by atoms with Crippen molar-refractivity contribution in [1.82, 2.24) is 24.6 Å². The first-order valence-corrected chi connectivity index (χ1v) is 17.9. The predicted molar refractivity (Wildman–Crippen MR) is 196 cm³/mol. The van der Waals surface area contributed by atoms with E-state index in [0.717, 1.165) is 11.8 Å². The monoisotopic (exact) mass is 820 g/mol. The van der Waals surface area contributed by atoms with Gasteiger partial charge in [0.2, 0.25) is 5.91 Å². The standard InChI is InChI=1S/C36H30F6N6O6S2/c37-35(38,39)25-14-23(15-26(18-25)36(40,41)42)21-2-4-29(54-12-9-46-7-10-53-11-8-46)24(13-21)17-30-32(50)47(34(55)56-30)6-5-31(49)45-27-16-22(33(51)52)1-3-28(27)48-20-43-19-44-48/h1-4,13-20H,5-12H2,(H,45,49)(H,51,52). The molecular weight excluding hydrogens is 791 g/mol. The van der Waals surface area contributed by atoms with Crippen molar-refractivity contribution < 1.29 is 55.3 Å². The summed E-state index contributed by atoms with van der Waals surface area (Å²) in [6, 6.07) is 9.37. The number of nitrogens with zero attached hydrogens (tertiary/aromatic N) is 5. The number of carbonyl (C=O) groups is 3. The van der Waals surface area contributed by atoms with Crippen molar-refractivity contribution in [2.24, 2.45) is 0 Å². The van der Waals surface area contributed by atoms with Gasteiger partial charge in [0, 0.05) is 38.2 Å². The molecule has 2 fully saturated rings. The number of thioether (sulfide) groups is 1. The van der Waals surface area contributed by atoms with Crippen molar-refractivity contribution in [1.29, 1.82) is 0 Å². The van der Waals surface area contributed by atoms with Gasteiger partial charge in [-0.2, -0.15) is 31.4 Å². The molecule has 2 N–H and O–H groups in total. The number of nitrogens with one attached hydrogen (secondary N) is 1. The lowest BCUT2D eigenvalue weighted by Crippen LogP contribution is -2.38. The zero-order chi connectivity index (χ0) is 40.2. The van der Waals surface area contributed by atoms with Crippen LogP contribution in [-0.2, 0) is 26.7 Å². The van der Waals surface area contributed by atoms with E-state index >= 15 is 0 Å². The summed E-state index contributed by atoms with van der Waals surface area (Å²) in [6.07, 6.45) is -6.40. The molecule has 0 spiro atoms. The lowest BCUT2D eigenvalue weighted by atomic mass is 9.97. The van der Waals surface area contributed by atoms with Crippen LogP contribution >= 0.6 is 24.0 Å². The molecule has 2 saturated heterocycles. The average Bonchev–Trinajstić information content (AvgIpc) is 3.78. The number of alkyl halides is 6. The highest BCUT2D eigenvalue weighted by Crippen LogP contribution is 2.40. The van der Waals surface area contributed by atoms with Gasteiger partial charge in [-0.05, 0) is 65.7 Å². The molecule has 2 amide bonds. The Morgan fingerprint density at radius 3 is 2.32 bits per heavy atom. The Balaban J connectivity index is 1.24. The third-order valence-electron chi connectivity index (χ3n) is 8.61. The highest BCUT2D eigenvalue weighted by Gasteiger charge is 2.37. The summed E-state index contributed by atoms with van der Waals surface area (Å²) in [5, 5.41) is 16.1. The number of aromatic carboxylic acids is 1. The van der Waals surface area contributed by atoms with Crippen LogP contribution < -0.4 is 10.1 Å². The number of thiocarbonyl (C=S) groups is 1. The molecule has 0 radical (unpaired) electrons. The number of morpholine rings is 1. The highest BCUT2D eigenvalue weighted by atomic mass is 32.2. The maximum atomic E-state index is 13.7. The van der Waals surface area contributed by atoms with Crippen LogP contribution in [0.25, 0.3) is 22.9 Å². The molecule has 20 heteroatoms. The molecule has 0 aliphatic carbocycles. The largest absolute Gasteiger partial charge is 0.492 e. The summed E-state index contributed by atoms with van der Waals surface area (Å²) in [7, 11) is 0. The van der Waals surface area contributed by atoms with E-state index in [2.05, 4.69) is 20.3 Å². The topological polar surface area (TPSA) is 139 Å². The van der Waals surface area contributed by atoms with Crippen LogP contribution in [0, 0.1) is 0 Å². The number of carbonyl (C=O) groups excluding carboxylic acids is 2. The van der Waals surface area contributed by atoms with Crippen LogP contribution in [0.2, 0.25) is 0 Å². The SMILES string of the molecule is O=C(CCN1C(=O)C(=Cc2cc(-c3cc(C(F)(F)F)cc(C(F)(F)F)c3)ccc2OCCN2CCOCC2)SC1=S)Nc1cc(C(=O)O)ccc1-n1cncn1. The number of ether oxygens (including phenoxy) is 2. The number of hydrogen-bond acceptors (Lipinski definition) is 10. The summed E-state index contributed by atoms with van der Waals surface area (Å²) in [4.78, 5) is 45.5. The van der Waals surface area contributed by atoms with E-state index in [1.807, 2.05) is 0 Å². The predicted octanol–water partition coefficient (Wildman–Crippen LogP) is 6.61. The first kappa shape index (κ1) is 40.4. The molecule has 6 rings (SSSR count). The van der Waals surface area contributed by atoms with Gasteiger partial charge in [-0.3, -0.25) is 19.4 Å². The summed E-state index contributed by atoms with van der Waals surface area (Å²) >= 11 is 6.33. The Morgan fingerprint density at radius 2 is 1.68 bits per heavy atom. The number of aromatic nitrogens is 3. The van der Waals surface area contributed by atoms with Crippen molar-refractivity contribution >= 4 is 57.8 Å². The molecule has 4 aromatic rings. The van der Waals surface area contributed by atoms with Gasteiger partial charge >= 0.3 is 18.3 Å². The second-order valence-electron chi connectivity index (χ2n) is 12.4. The van der Waals surface area contributed by atoms with E-state index in [9.17, 15) is 45.8 Å². The number of amides is 2. The smallest absolute Gasteiger partial charge is 0.416 e. The van der Waals surface area contributed by atoms with Gasteiger partial charge in [0.1, 0.15) is 29.3 Å². The van der Waals surface area contributed by atoms with Gasteiger partial charge in [0.25, 0.3) is 5.91 Å². The normalized spacial score (nSPS) is 16.1. The van der Waals surface area contributed by atoms with Crippen molar-refractivity contribution in [3.8, 4) is 22.6 Å². The molecular formula is C36H30F6N6O6S2. The number of halogens is 6. The summed E-state index contributed by atoms with van der Waals surface area (Å²) < 4.78 is 95.0. The van der Waals surface area contributed by atoms with Crippen LogP contribution in [-0.4, -0.2) is 97.8 Å². The molecule has 3 aromatic carbocycles. The van der Waals surface area contributed by atoms with Crippen LogP contribution in [0.5, 0.6) is 5.75 Å². The maximum Gasteiger partial charge on any atom is 0.416 e. The summed E-state index contributed by atoms with van der Waals surface area (Å²) in [6.45, 7) is 2.92. The maximum absolute atomic E-state index is 13.7. The summed E-state index contributed by atoms with van der Waals surface area (Å²) in [5.41, 5.74) is -2.79. The van der Waals surface area contributed by atoms with E-state index in [0.29, 0.717) is 50.7 Å². The minimum absolute atomic E-state index is 0.00208. The Labute approximate surface area is 324 Å². The quantitative estimate of drug-likeness (QED) is 0.0907. The molecule has 2 aliphatic rings. The second kappa shape index (κ2) is 16.8. The highest BCUT2D eigenvalue weighted by molar-refractivity contribution is 8.26. The third kappa shape index (κ3) is 9.73. The van der Waals surface area contributed by atoms with Crippen molar-refractivity contribution in [3.63, 3.8) is 0 Å². The first-order valence-electron chi connectivity index (χ1n) is 16.7. The molecule has 294 valence electrons. The zero-order valence-electron chi connectivity index (χ0n) is 28.9. The lowest BCUT2D eigenvalue weighted by Gasteiger charge is -2.26. The van der Waals surface area contributed by atoms with Crippen molar-refractivity contribution in [3.05, 3.63) is 94.4 Å². The Hall–Kier alpha value is -5.31. The third-order valence-corrected chi connectivity index (χ3v) is 9.98. The molecule has 2 aliphatic heterocycles. The van der Waals surface area contributed by atoms with E-state index in [1.165, 1.54) is 64.7 Å². The molecule has 0 atom stereocenters. The number of carboxylic acids is 1. The fourth-order valence-corrected chi connectivity index (χ4v) is 7.06. The van der Waals surface area contributed by atoms with Gasteiger partial charge < -0.3 is 19.9 Å². The molecule has 56 heavy (non-hydrogen) atoms. The van der Waals surface area contributed by atoms with Crippen molar-refractivity contribution in [2.45, 2.75) is 18.8 Å². The van der Waals surface area contributed by atoms with E-state index in [-0.39, 0.29) is 68.6 Å². The van der Waals surface area contributed by atoms with Crippen LogP contribution in [0.4, 0.5) is 32.0 Å². The molecule has 0 unspecified atom stereocenters. The van der Waals surface area contributed by atoms with E-state index < -0.39 is 41.3 Å². The fourth-order valence-electron chi connectivity index (χ4n) is 5.76. The van der Waals surface area contributed by atoms with Gasteiger partial charge in [0.05, 0.1) is 46.2 Å². The van der Waals surface area contributed by atoms with Crippen molar-refractivity contribution in [2.75, 3.05) is 51.3 Å². The van der Waals surface area contributed by atoms with Gasteiger partial charge in [-0.25, -0.2) is 14.5 Å². The van der Waals surface area contributed by atoms with Gasteiger partial charge in [0.15, 0.2) is 0 Å². The molecule has 3 heterocycles. The Kier molecular flexibility index (Phi) is 12.1. The van der Waals surface area contributed by atoms with Crippen LogP contribution in [0.3, 0.4) is 0 Å². The number of benzene rings is 3. The minimum Gasteiger partial charge on any atom is -0.492 e. The molecule has 1 aromatic heterocycles. The zero-order valence-corrected chi connectivity index (χ0v) is 30.5. The lowest BCUT2D eigenvalue weighted by molar-refractivity contribution is -0.143. The Bertz CT molecular complexity index is 2140. The van der Waals surface area contributed by atoms with Gasteiger partial charge in [-0.1, -0.05) is 30.0 Å². The number of rotatable bonds is 12. The van der Waals surface area contributed by atoms with E-state index in [1.54, 1.807) is 0 Å². The number of anilines is 1. The first-order chi connectivity index (χ1) is 26.6. The van der Waals surface area contributed by atoms with Gasteiger partial charge in [-0.15, -0.1) is 0 Å². The fraction of sp³-hybridized carbons (Fsp3) is 0.278. The second-order valence-corrected chi connectivity index (χ2v) is 14.0. The van der Waals surface area contributed by atoms with E-state index in [4.69, 9.17) is 21.7 Å². The number of hydrogen-bond donors (Lipinski definition) is 2. The minimum atomic E-state index is -5.06. The average molecular weight is 821 g/mol. The molecule has 12 nitrogen and oxygen atoms in total.